The van der Waals surface area contributed by atoms with Gasteiger partial charge in [-0.3, -0.25) is 9.59 Å². The number of rotatable bonds is 7. The molecule has 0 spiro atoms. The van der Waals surface area contributed by atoms with E-state index < -0.39 is 17.9 Å². The van der Waals surface area contributed by atoms with Gasteiger partial charge in [0.15, 0.2) is 11.8 Å². The Morgan fingerprint density at radius 1 is 0.960 bits per heavy atom. The lowest BCUT2D eigenvalue weighted by molar-refractivity contribution is -0.142. The average molecular weight is 339 g/mol. The van der Waals surface area contributed by atoms with Gasteiger partial charge in [0.1, 0.15) is 0 Å². The Bertz CT molecular complexity index is 784. The Balaban J connectivity index is 1.99. The van der Waals surface area contributed by atoms with Crippen LogP contribution in [0.4, 0.5) is 0 Å². The zero-order chi connectivity index (χ0) is 18.4. The molecule has 1 atom stereocenters. The molecule has 0 fully saturated rings. The van der Waals surface area contributed by atoms with Gasteiger partial charge < -0.3 is 10.4 Å². The minimum atomic E-state index is -1.13. The van der Waals surface area contributed by atoms with Gasteiger partial charge in [-0.2, -0.15) is 0 Å². The standard InChI is InChI=1S/C20H21NO4/c1-13-8-9-16(12-14(13)2)19(20(24)25)21-18(23)11-10-17(22)15-6-4-3-5-7-15/h3-9,12,19H,10-11H2,1-2H3,(H,21,23)(H,24,25). The molecule has 5 heteroatoms. The van der Waals surface area contributed by atoms with Crippen LogP contribution < -0.4 is 5.32 Å². The molecule has 0 heterocycles. The molecule has 25 heavy (non-hydrogen) atoms. The van der Waals surface area contributed by atoms with Gasteiger partial charge in [-0.05, 0) is 30.5 Å². The molecule has 0 aliphatic carbocycles. The molecule has 0 radical (unpaired) electrons. The largest absolute Gasteiger partial charge is 0.479 e. The fraction of sp³-hybridized carbons (Fsp3) is 0.250. The van der Waals surface area contributed by atoms with E-state index in [2.05, 4.69) is 5.32 Å². The SMILES string of the molecule is Cc1ccc(C(NC(=O)CCC(=O)c2ccccc2)C(=O)O)cc1C. The van der Waals surface area contributed by atoms with Crippen molar-refractivity contribution in [2.24, 2.45) is 0 Å². The molecule has 0 aromatic heterocycles. The second kappa shape index (κ2) is 8.24. The third kappa shape index (κ3) is 5.01. The number of aryl methyl sites for hydroxylation is 2. The minimum Gasteiger partial charge on any atom is -0.479 e. The summed E-state index contributed by atoms with van der Waals surface area (Å²) in [6, 6.07) is 12.8. The summed E-state index contributed by atoms with van der Waals surface area (Å²) in [6.07, 6.45) is -0.0164. The van der Waals surface area contributed by atoms with Gasteiger partial charge in [-0.15, -0.1) is 0 Å². The summed E-state index contributed by atoms with van der Waals surface area (Å²) in [5.74, 6) is -1.74. The number of carbonyl (C=O) groups is 3. The van der Waals surface area contributed by atoms with Crippen LogP contribution in [0.25, 0.3) is 0 Å². The number of benzene rings is 2. The third-order valence-corrected chi connectivity index (χ3v) is 4.09. The summed E-state index contributed by atoms with van der Waals surface area (Å²) in [5, 5.41) is 11.9. The second-order valence-electron chi connectivity index (χ2n) is 5.97. The van der Waals surface area contributed by atoms with E-state index in [1.165, 1.54) is 0 Å². The summed E-state index contributed by atoms with van der Waals surface area (Å²) < 4.78 is 0. The smallest absolute Gasteiger partial charge is 0.330 e. The summed E-state index contributed by atoms with van der Waals surface area (Å²) >= 11 is 0. The van der Waals surface area contributed by atoms with Crippen LogP contribution in [-0.2, 0) is 9.59 Å². The van der Waals surface area contributed by atoms with Gasteiger partial charge in [0.25, 0.3) is 0 Å². The van der Waals surface area contributed by atoms with E-state index in [-0.39, 0.29) is 18.6 Å². The lowest BCUT2D eigenvalue weighted by atomic mass is 10.0. The first-order valence-electron chi connectivity index (χ1n) is 8.06. The van der Waals surface area contributed by atoms with E-state index in [0.29, 0.717) is 11.1 Å². The first kappa shape index (κ1) is 18.4. The molecule has 5 nitrogen and oxygen atoms in total. The predicted octanol–water partition coefficient (Wildman–Crippen LogP) is 3.21. The number of aliphatic carboxylic acids is 1. The first-order chi connectivity index (χ1) is 11.9. The van der Waals surface area contributed by atoms with Crippen LogP contribution >= 0.6 is 0 Å². The molecule has 0 aliphatic heterocycles. The van der Waals surface area contributed by atoms with E-state index in [1.54, 1.807) is 36.4 Å². The Hall–Kier alpha value is -2.95. The first-order valence-corrected chi connectivity index (χ1v) is 8.06. The van der Waals surface area contributed by atoms with Crippen molar-refractivity contribution in [3.63, 3.8) is 0 Å². The Morgan fingerprint density at radius 2 is 1.64 bits per heavy atom. The molecular formula is C20H21NO4. The van der Waals surface area contributed by atoms with E-state index in [0.717, 1.165) is 11.1 Å². The van der Waals surface area contributed by atoms with Crippen molar-refractivity contribution in [1.29, 1.82) is 0 Å². The number of amides is 1. The summed E-state index contributed by atoms with van der Waals surface area (Å²) in [4.78, 5) is 35.6. The number of hydrogen-bond acceptors (Lipinski definition) is 3. The van der Waals surface area contributed by atoms with Crippen molar-refractivity contribution >= 4 is 17.7 Å². The number of carboxylic acids is 1. The van der Waals surface area contributed by atoms with Crippen LogP contribution in [-0.4, -0.2) is 22.8 Å². The minimum absolute atomic E-state index is 0.0368. The summed E-state index contributed by atoms with van der Waals surface area (Å²) in [6.45, 7) is 3.82. The van der Waals surface area contributed by atoms with E-state index in [9.17, 15) is 19.5 Å². The van der Waals surface area contributed by atoms with E-state index >= 15 is 0 Å². The monoisotopic (exact) mass is 339 g/mol. The highest BCUT2D eigenvalue weighted by Gasteiger charge is 2.22. The van der Waals surface area contributed by atoms with Crippen LogP contribution in [0.1, 0.15) is 45.9 Å². The van der Waals surface area contributed by atoms with Gasteiger partial charge in [0, 0.05) is 18.4 Å². The molecular weight excluding hydrogens is 318 g/mol. The molecule has 2 rings (SSSR count). The molecule has 0 bridgehead atoms. The topological polar surface area (TPSA) is 83.5 Å². The molecule has 0 aliphatic rings. The van der Waals surface area contributed by atoms with Gasteiger partial charge >= 0.3 is 5.97 Å². The molecule has 1 unspecified atom stereocenters. The maximum Gasteiger partial charge on any atom is 0.330 e. The number of carboxylic acid groups (broad SMARTS) is 1. The van der Waals surface area contributed by atoms with Gasteiger partial charge in [0.05, 0.1) is 0 Å². The Labute approximate surface area is 146 Å². The maximum absolute atomic E-state index is 12.1. The fourth-order valence-electron chi connectivity index (χ4n) is 2.46. The van der Waals surface area contributed by atoms with Crippen molar-refractivity contribution in [3.8, 4) is 0 Å². The molecule has 1 amide bonds. The number of nitrogens with one attached hydrogen (secondary N) is 1. The normalized spacial score (nSPS) is 11.6. The summed E-state index contributed by atoms with van der Waals surface area (Å²) in [7, 11) is 0. The average Bonchev–Trinajstić information content (AvgIpc) is 2.60. The molecule has 130 valence electrons. The highest BCUT2D eigenvalue weighted by molar-refractivity contribution is 5.98. The number of carbonyl (C=O) groups excluding carboxylic acids is 2. The molecule has 2 aromatic carbocycles. The fourth-order valence-corrected chi connectivity index (χ4v) is 2.46. The van der Waals surface area contributed by atoms with Gasteiger partial charge in [-0.25, -0.2) is 4.79 Å². The molecule has 2 N–H and O–H groups in total. The molecule has 0 saturated heterocycles. The number of Topliss-reactive ketones (excluding diaryl/α,β-unsaturated/α-hetero) is 1. The molecule has 0 saturated carbocycles. The number of ketones is 1. The van der Waals surface area contributed by atoms with Crippen molar-refractivity contribution < 1.29 is 19.5 Å². The van der Waals surface area contributed by atoms with Crippen LogP contribution in [0.2, 0.25) is 0 Å². The lowest BCUT2D eigenvalue weighted by Crippen LogP contribution is -2.34. The van der Waals surface area contributed by atoms with E-state index in [1.807, 2.05) is 26.0 Å². The lowest BCUT2D eigenvalue weighted by Gasteiger charge is -2.16. The van der Waals surface area contributed by atoms with Crippen LogP contribution in [0.15, 0.2) is 48.5 Å². The van der Waals surface area contributed by atoms with Crippen LogP contribution in [0, 0.1) is 13.8 Å². The van der Waals surface area contributed by atoms with Gasteiger partial charge in [0.2, 0.25) is 5.91 Å². The van der Waals surface area contributed by atoms with Crippen molar-refractivity contribution in [1.82, 2.24) is 5.32 Å². The van der Waals surface area contributed by atoms with Crippen molar-refractivity contribution in [2.45, 2.75) is 32.7 Å². The van der Waals surface area contributed by atoms with Crippen molar-refractivity contribution in [2.75, 3.05) is 0 Å². The summed E-state index contributed by atoms with van der Waals surface area (Å²) in [5.41, 5.74) is 3.06. The highest BCUT2D eigenvalue weighted by Crippen LogP contribution is 2.18. The van der Waals surface area contributed by atoms with Gasteiger partial charge in [-0.1, -0.05) is 48.5 Å². The zero-order valence-corrected chi connectivity index (χ0v) is 14.3. The maximum atomic E-state index is 12.1. The van der Waals surface area contributed by atoms with Crippen molar-refractivity contribution in [3.05, 3.63) is 70.8 Å². The molecule has 2 aromatic rings. The van der Waals surface area contributed by atoms with Crippen LogP contribution in [0.5, 0.6) is 0 Å². The Morgan fingerprint density at radius 3 is 2.24 bits per heavy atom. The Kier molecular flexibility index (Phi) is 6.06. The predicted molar refractivity (Wildman–Crippen MR) is 94.4 cm³/mol. The van der Waals surface area contributed by atoms with E-state index in [4.69, 9.17) is 0 Å². The second-order valence-corrected chi connectivity index (χ2v) is 5.97. The third-order valence-electron chi connectivity index (χ3n) is 4.09. The quantitative estimate of drug-likeness (QED) is 0.759. The van der Waals surface area contributed by atoms with Crippen LogP contribution in [0.3, 0.4) is 0 Å². The highest BCUT2D eigenvalue weighted by atomic mass is 16.4. The number of hydrogen-bond donors (Lipinski definition) is 2. The zero-order valence-electron chi connectivity index (χ0n) is 14.3.